The average molecular weight is 345 g/mol. The Labute approximate surface area is 123 Å². The predicted molar refractivity (Wildman–Crippen MR) is 74.1 cm³/mol. The fraction of sp³-hybridized carbons (Fsp3) is 0.214. The first-order valence-corrected chi connectivity index (χ1v) is 6.63. The maximum absolute atomic E-state index is 12.9. The molecule has 0 bridgehead atoms. The Balaban J connectivity index is 2.40. The molecule has 2 nitrogen and oxygen atoms in total. The zero-order chi connectivity index (χ0) is 14.9. The van der Waals surface area contributed by atoms with Crippen molar-refractivity contribution >= 4 is 15.9 Å². The highest BCUT2D eigenvalue weighted by Gasteiger charge is 2.33. The van der Waals surface area contributed by atoms with Crippen molar-refractivity contribution in [2.45, 2.75) is 19.1 Å². The van der Waals surface area contributed by atoms with Crippen LogP contribution in [-0.4, -0.2) is 4.98 Å². The summed E-state index contributed by atoms with van der Waals surface area (Å²) in [6.07, 6.45) is -2.84. The van der Waals surface area contributed by atoms with E-state index in [-0.39, 0.29) is 4.47 Å². The summed E-state index contributed by atoms with van der Waals surface area (Å²) in [6.45, 7) is 1.83. The number of aryl methyl sites for hydroxylation is 1. The molecule has 0 aliphatic heterocycles. The lowest BCUT2D eigenvalue weighted by atomic mass is 9.99. The molecule has 2 N–H and O–H groups in total. The Morgan fingerprint density at radius 2 is 1.80 bits per heavy atom. The average Bonchev–Trinajstić information content (AvgIpc) is 2.38. The van der Waals surface area contributed by atoms with Gasteiger partial charge in [0.25, 0.3) is 0 Å². The molecule has 106 valence electrons. The smallest absolute Gasteiger partial charge is 0.320 e. The van der Waals surface area contributed by atoms with Gasteiger partial charge in [0.1, 0.15) is 0 Å². The van der Waals surface area contributed by atoms with Crippen LogP contribution >= 0.6 is 15.9 Å². The van der Waals surface area contributed by atoms with E-state index in [0.29, 0.717) is 11.1 Å². The molecule has 6 heteroatoms. The quantitative estimate of drug-likeness (QED) is 0.885. The van der Waals surface area contributed by atoms with Gasteiger partial charge in [-0.15, -0.1) is 0 Å². The monoisotopic (exact) mass is 344 g/mol. The molecule has 0 aliphatic rings. The molecule has 0 saturated carbocycles. The third-order valence-corrected chi connectivity index (χ3v) is 3.64. The Hall–Kier alpha value is -1.40. The predicted octanol–water partition coefficient (Wildman–Crippen LogP) is 4.22. The SMILES string of the molecule is Cc1ccc(C(N)c2ccc(Br)c(C(F)(F)F)c2)cn1. The molecule has 0 spiro atoms. The van der Waals surface area contributed by atoms with Crippen LogP contribution in [0, 0.1) is 6.92 Å². The van der Waals surface area contributed by atoms with Crippen molar-refractivity contribution in [3.05, 3.63) is 63.4 Å². The lowest BCUT2D eigenvalue weighted by molar-refractivity contribution is -0.138. The van der Waals surface area contributed by atoms with Gasteiger partial charge in [-0.1, -0.05) is 28.1 Å². The third kappa shape index (κ3) is 3.19. The Kier molecular flexibility index (Phi) is 4.15. The summed E-state index contributed by atoms with van der Waals surface area (Å²) in [5.74, 6) is 0. The number of nitrogens with zero attached hydrogens (tertiary/aromatic N) is 1. The number of nitrogens with two attached hydrogens (primary N) is 1. The summed E-state index contributed by atoms with van der Waals surface area (Å²) in [4.78, 5) is 4.10. The maximum Gasteiger partial charge on any atom is 0.417 e. The minimum atomic E-state index is -4.42. The zero-order valence-electron chi connectivity index (χ0n) is 10.6. The number of pyridine rings is 1. The first kappa shape index (κ1) is 15.0. The van der Waals surface area contributed by atoms with E-state index in [1.54, 1.807) is 24.4 Å². The molecule has 0 radical (unpaired) electrons. The van der Waals surface area contributed by atoms with Gasteiger partial charge in [-0.2, -0.15) is 13.2 Å². The van der Waals surface area contributed by atoms with Crippen LogP contribution in [0.5, 0.6) is 0 Å². The van der Waals surface area contributed by atoms with E-state index >= 15 is 0 Å². The zero-order valence-corrected chi connectivity index (χ0v) is 12.2. The molecule has 0 amide bonds. The van der Waals surface area contributed by atoms with Gasteiger partial charge >= 0.3 is 6.18 Å². The van der Waals surface area contributed by atoms with E-state index in [0.717, 1.165) is 11.8 Å². The minimum absolute atomic E-state index is 0.00276. The molecule has 2 aromatic rings. The molecule has 1 unspecified atom stereocenters. The largest absolute Gasteiger partial charge is 0.417 e. The van der Waals surface area contributed by atoms with Gasteiger partial charge in [0, 0.05) is 16.4 Å². The van der Waals surface area contributed by atoms with Crippen molar-refractivity contribution in [2.24, 2.45) is 5.73 Å². The Morgan fingerprint density at radius 1 is 1.15 bits per heavy atom. The highest BCUT2D eigenvalue weighted by atomic mass is 79.9. The fourth-order valence-electron chi connectivity index (χ4n) is 1.81. The third-order valence-electron chi connectivity index (χ3n) is 2.95. The summed E-state index contributed by atoms with van der Waals surface area (Å²) >= 11 is 2.91. The van der Waals surface area contributed by atoms with E-state index in [9.17, 15) is 13.2 Å². The van der Waals surface area contributed by atoms with Crippen molar-refractivity contribution in [3.63, 3.8) is 0 Å². The van der Waals surface area contributed by atoms with Crippen LogP contribution in [0.1, 0.15) is 28.4 Å². The van der Waals surface area contributed by atoms with Gasteiger partial charge in [-0.25, -0.2) is 0 Å². The molecular formula is C14H12BrF3N2. The fourth-order valence-corrected chi connectivity index (χ4v) is 2.28. The van der Waals surface area contributed by atoms with E-state index < -0.39 is 17.8 Å². The normalized spacial score (nSPS) is 13.3. The molecule has 1 aromatic heterocycles. The van der Waals surface area contributed by atoms with Crippen LogP contribution in [-0.2, 0) is 6.18 Å². The number of rotatable bonds is 2. The number of hydrogen-bond acceptors (Lipinski definition) is 2. The van der Waals surface area contributed by atoms with Gasteiger partial charge in [0.05, 0.1) is 11.6 Å². The molecule has 1 heterocycles. The lowest BCUT2D eigenvalue weighted by Gasteiger charge is -2.16. The first-order valence-electron chi connectivity index (χ1n) is 5.84. The Morgan fingerprint density at radius 3 is 2.35 bits per heavy atom. The second-order valence-electron chi connectivity index (χ2n) is 4.45. The first-order chi connectivity index (χ1) is 9.29. The number of alkyl halides is 3. The minimum Gasteiger partial charge on any atom is -0.320 e. The van der Waals surface area contributed by atoms with Crippen molar-refractivity contribution in [1.29, 1.82) is 0 Å². The van der Waals surface area contributed by atoms with Crippen molar-refractivity contribution in [1.82, 2.24) is 4.98 Å². The molecule has 20 heavy (non-hydrogen) atoms. The summed E-state index contributed by atoms with van der Waals surface area (Å²) in [7, 11) is 0. The van der Waals surface area contributed by atoms with Crippen LogP contribution < -0.4 is 5.73 Å². The van der Waals surface area contributed by atoms with E-state index in [1.165, 1.54) is 6.07 Å². The standard InChI is InChI=1S/C14H12BrF3N2/c1-8-2-3-10(7-20-8)13(19)9-4-5-12(15)11(6-9)14(16,17)18/h2-7,13H,19H2,1H3. The van der Waals surface area contributed by atoms with Gasteiger partial charge in [-0.3, -0.25) is 4.98 Å². The second-order valence-corrected chi connectivity index (χ2v) is 5.30. The molecule has 2 rings (SSSR count). The van der Waals surface area contributed by atoms with Crippen LogP contribution in [0.15, 0.2) is 41.0 Å². The lowest BCUT2D eigenvalue weighted by Crippen LogP contribution is -2.14. The van der Waals surface area contributed by atoms with Crippen LogP contribution in [0.3, 0.4) is 0 Å². The number of halogens is 4. The van der Waals surface area contributed by atoms with Gasteiger partial charge < -0.3 is 5.73 Å². The van der Waals surface area contributed by atoms with Crippen molar-refractivity contribution in [3.8, 4) is 0 Å². The molecular weight excluding hydrogens is 333 g/mol. The molecule has 1 aromatic carbocycles. The highest BCUT2D eigenvalue weighted by molar-refractivity contribution is 9.10. The topological polar surface area (TPSA) is 38.9 Å². The second kappa shape index (κ2) is 5.54. The number of hydrogen-bond donors (Lipinski definition) is 1. The van der Waals surface area contributed by atoms with Crippen LogP contribution in [0.2, 0.25) is 0 Å². The number of benzene rings is 1. The van der Waals surface area contributed by atoms with E-state index in [4.69, 9.17) is 5.73 Å². The molecule has 0 aliphatic carbocycles. The van der Waals surface area contributed by atoms with E-state index in [2.05, 4.69) is 20.9 Å². The number of aromatic nitrogens is 1. The summed E-state index contributed by atoms with van der Waals surface area (Å²) in [5, 5.41) is 0. The summed E-state index contributed by atoms with van der Waals surface area (Å²) < 4.78 is 38.6. The van der Waals surface area contributed by atoms with Crippen LogP contribution in [0.25, 0.3) is 0 Å². The molecule has 0 saturated heterocycles. The van der Waals surface area contributed by atoms with Gasteiger partial charge in [-0.05, 0) is 36.2 Å². The molecule has 0 fully saturated rings. The summed E-state index contributed by atoms with van der Waals surface area (Å²) in [5.41, 5.74) is 7.17. The molecule has 1 atom stereocenters. The highest BCUT2D eigenvalue weighted by Crippen LogP contribution is 2.36. The van der Waals surface area contributed by atoms with Crippen molar-refractivity contribution < 1.29 is 13.2 Å². The van der Waals surface area contributed by atoms with E-state index in [1.807, 2.05) is 6.92 Å². The maximum atomic E-state index is 12.9. The van der Waals surface area contributed by atoms with Crippen molar-refractivity contribution in [2.75, 3.05) is 0 Å². The van der Waals surface area contributed by atoms with Gasteiger partial charge in [0.2, 0.25) is 0 Å². The summed E-state index contributed by atoms with van der Waals surface area (Å²) in [6, 6.07) is 6.90. The van der Waals surface area contributed by atoms with Crippen LogP contribution in [0.4, 0.5) is 13.2 Å². The van der Waals surface area contributed by atoms with Gasteiger partial charge in [0.15, 0.2) is 0 Å². The Bertz CT molecular complexity index is 609.